The van der Waals surface area contributed by atoms with Gasteiger partial charge in [0.1, 0.15) is 0 Å². The molecule has 0 N–H and O–H groups in total. The summed E-state index contributed by atoms with van der Waals surface area (Å²) in [4.78, 5) is 16.4. The molecule has 39 heavy (non-hydrogen) atoms. The average molecular weight is 549 g/mol. The Labute approximate surface area is 244 Å². The molecular weight excluding hydrogens is 480 g/mol. The molecule has 0 radical (unpaired) electrons. The van der Waals surface area contributed by atoms with Crippen molar-refractivity contribution in [1.82, 2.24) is 29.4 Å². The maximum Gasteiger partial charge on any atom is 0.0232 e. The van der Waals surface area contributed by atoms with Gasteiger partial charge in [0, 0.05) is 92.1 Å². The highest BCUT2D eigenvalue weighted by Gasteiger charge is 2.43. The summed E-state index contributed by atoms with van der Waals surface area (Å²) >= 11 is 0. The fraction of sp³-hybridized carbons (Fsp3) is 1.00. The molecule has 0 aliphatic carbocycles. The number of piperazine rings is 3. The molecule has 0 aromatic carbocycles. The van der Waals surface area contributed by atoms with Gasteiger partial charge in [-0.25, -0.2) is 0 Å². The van der Waals surface area contributed by atoms with Gasteiger partial charge in [-0.2, -0.15) is 0 Å². The van der Waals surface area contributed by atoms with Crippen molar-refractivity contribution in [3.8, 4) is 0 Å². The van der Waals surface area contributed by atoms with Gasteiger partial charge in [-0.1, -0.05) is 0 Å². The van der Waals surface area contributed by atoms with E-state index < -0.39 is 0 Å². The second-order valence-electron chi connectivity index (χ2n) is 16.9. The average Bonchev–Trinajstić information content (AvgIpc) is 2.72. The molecule has 6 atom stereocenters. The first-order valence-corrected chi connectivity index (χ1v) is 16.2. The second kappa shape index (κ2) is 12.6. The predicted octanol–water partition coefficient (Wildman–Crippen LogP) is 4.94. The van der Waals surface area contributed by atoms with E-state index in [1.54, 1.807) is 0 Å². The van der Waals surface area contributed by atoms with Crippen molar-refractivity contribution in [1.29, 1.82) is 0 Å². The lowest BCUT2D eigenvalue weighted by atomic mass is 9.87. The molecule has 0 saturated carbocycles. The van der Waals surface area contributed by atoms with Gasteiger partial charge in [0.15, 0.2) is 0 Å². The summed E-state index contributed by atoms with van der Waals surface area (Å²) < 4.78 is 0. The maximum atomic E-state index is 2.96. The Morgan fingerprint density at radius 2 is 0.641 bits per heavy atom. The lowest BCUT2D eigenvalue weighted by Crippen LogP contribution is -2.66. The van der Waals surface area contributed by atoms with E-state index in [9.17, 15) is 0 Å². The number of nitrogens with zero attached hydrogens (tertiary/aromatic N) is 6. The van der Waals surface area contributed by atoms with Gasteiger partial charge in [-0.3, -0.25) is 14.7 Å². The summed E-state index contributed by atoms with van der Waals surface area (Å²) in [6, 6.07) is 3.71. The van der Waals surface area contributed by atoms with Crippen LogP contribution in [0.3, 0.4) is 0 Å². The molecule has 0 spiro atoms. The minimum atomic E-state index is 0.178. The summed E-state index contributed by atoms with van der Waals surface area (Å²) in [7, 11) is 7.01. The van der Waals surface area contributed by atoms with Crippen LogP contribution in [0.15, 0.2) is 0 Å². The molecule has 6 heteroatoms. The lowest BCUT2D eigenvalue weighted by Gasteiger charge is -2.55. The van der Waals surface area contributed by atoms with Gasteiger partial charge in [0.05, 0.1) is 0 Å². The van der Waals surface area contributed by atoms with E-state index in [1.165, 1.54) is 65.0 Å². The van der Waals surface area contributed by atoms with Crippen LogP contribution in [0.25, 0.3) is 0 Å². The largest absolute Gasteiger partial charge is 0.303 e. The van der Waals surface area contributed by atoms with Crippen LogP contribution >= 0.6 is 0 Å². The van der Waals surface area contributed by atoms with Crippen LogP contribution in [0.2, 0.25) is 0 Å². The van der Waals surface area contributed by atoms with E-state index in [-0.39, 0.29) is 16.6 Å². The van der Waals surface area contributed by atoms with E-state index in [0.717, 1.165) is 0 Å². The Balaban J connectivity index is 1.76. The van der Waals surface area contributed by atoms with Crippen molar-refractivity contribution in [3.63, 3.8) is 0 Å². The van der Waals surface area contributed by atoms with Crippen LogP contribution in [-0.2, 0) is 0 Å². The number of hydrogen-bond donors (Lipinski definition) is 0. The highest BCUT2D eigenvalue weighted by molar-refractivity contribution is 4.99. The zero-order valence-electron chi connectivity index (χ0n) is 28.7. The second-order valence-corrected chi connectivity index (χ2v) is 16.9. The zero-order chi connectivity index (χ0) is 29.5. The van der Waals surface area contributed by atoms with Crippen molar-refractivity contribution in [2.75, 3.05) is 60.4 Å². The summed E-state index contributed by atoms with van der Waals surface area (Å²) in [6.07, 6.45) is 5.14. The van der Waals surface area contributed by atoms with Crippen LogP contribution in [0.4, 0.5) is 0 Å². The molecule has 3 rings (SSSR count). The number of likely N-dealkylation sites (N-methyl/N-ethyl adjacent to an activating group) is 3. The normalized spacial score (nSPS) is 34.6. The van der Waals surface area contributed by atoms with Gasteiger partial charge in [0.25, 0.3) is 0 Å². The third kappa shape index (κ3) is 8.41. The zero-order valence-corrected chi connectivity index (χ0v) is 28.7. The molecule has 3 saturated heterocycles. The predicted molar refractivity (Wildman–Crippen MR) is 170 cm³/mol. The van der Waals surface area contributed by atoms with Crippen LogP contribution in [0, 0.1) is 0 Å². The smallest absolute Gasteiger partial charge is 0.0232 e. The molecule has 0 bridgehead atoms. The topological polar surface area (TPSA) is 19.4 Å². The van der Waals surface area contributed by atoms with Gasteiger partial charge in [0.2, 0.25) is 0 Å². The van der Waals surface area contributed by atoms with E-state index >= 15 is 0 Å². The van der Waals surface area contributed by atoms with E-state index in [2.05, 4.69) is 127 Å². The SMILES string of the molecule is CC1CN(C)CC(CC[C@@H]2CN(C)C[C@H](CC[C@@H]3CN(C)C[C@@H](C)N3C(C)(C)C)N2C(C)(C)C)N1C(C)(C)C. The van der Waals surface area contributed by atoms with Gasteiger partial charge in [-0.15, -0.1) is 0 Å². The molecule has 0 amide bonds. The summed E-state index contributed by atoms with van der Waals surface area (Å²) in [5.41, 5.74) is 0.603. The number of hydrogen-bond acceptors (Lipinski definition) is 6. The maximum absolute atomic E-state index is 2.96. The standard InChI is InChI=1S/C33H68N6/c1-25-19-34(12)21-27(37(25)31(3,4)5)15-17-29-23-36(14)24-30(39(29)33(9,10)11)18-16-28-22-35(13)20-26(2)38(28)32(6,7)8/h25-30H,15-24H2,1-14H3/t25-,26?,27-,28?,29+,30-/m1/s1. The van der Waals surface area contributed by atoms with E-state index in [1.807, 2.05) is 0 Å². The van der Waals surface area contributed by atoms with Crippen molar-refractivity contribution in [3.05, 3.63) is 0 Å². The lowest BCUT2D eigenvalue weighted by molar-refractivity contribution is -0.0601. The highest BCUT2D eigenvalue weighted by Crippen LogP contribution is 2.34. The molecule has 0 aromatic heterocycles. The highest BCUT2D eigenvalue weighted by atomic mass is 15.4. The molecule has 3 heterocycles. The molecular formula is C33H68N6. The summed E-state index contributed by atoms with van der Waals surface area (Å²) in [5, 5.41) is 0. The van der Waals surface area contributed by atoms with Crippen molar-refractivity contribution >= 4 is 0 Å². The third-order valence-electron chi connectivity index (χ3n) is 9.75. The Hall–Kier alpha value is -0.240. The molecule has 0 aromatic rings. The van der Waals surface area contributed by atoms with Crippen LogP contribution in [0.5, 0.6) is 0 Å². The van der Waals surface area contributed by atoms with Gasteiger partial charge in [-0.05, 0) is 123 Å². The Morgan fingerprint density at radius 3 is 0.897 bits per heavy atom. The molecule has 3 aliphatic rings. The quantitative estimate of drug-likeness (QED) is 0.465. The third-order valence-corrected chi connectivity index (χ3v) is 9.75. The van der Waals surface area contributed by atoms with E-state index in [4.69, 9.17) is 0 Å². The minimum absolute atomic E-state index is 0.178. The molecule has 2 unspecified atom stereocenters. The minimum Gasteiger partial charge on any atom is -0.303 e. The first kappa shape index (κ1) is 33.3. The van der Waals surface area contributed by atoms with Crippen LogP contribution < -0.4 is 0 Å². The van der Waals surface area contributed by atoms with Gasteiger partial charge < -0.3 is 14.7 Å². The van der Waals surface area contributed by atoms with Crippen LogP contribution in [-0.4, -0.2) is 143 Å². The monoisotopic (exact) mass is 549 g/mol. The summed E-state index contributed by atoms with van der Waals surface area (Å²) in [6.45, 7) is 33.9. The fourth-order valence-electron chi connectivity index (χ4n) is 9.31. The van der Waals surface area contributed by atoms with Crippen molar-refractivity contribution < 1.29 is 0 Å². The van der Waals surface area contributed by atoms with Gasteiger partial charge >= 0.3 is 0 Å². The Bertz CT molecular complexity index is 708. The van der Waals surface area contributed by atoms with Crippen molar-refractivity contribution in [2.45, 2.75) is 155 Å². The molecule has 230 valence electrons. The molecule has 3 fully saturated rings. The Morgan fingerprint density at radius 1 is 0.410 bits per heavy atom. The summed E-state index contributed by atoms with van der Waals surface area (Å²) in [5.74, 6) is 0. The Kier molecular flexibility index (Phi) is 10.7. The molecule has 3 aliphatic heterocycles. The molecule has 6 nitrogen and oxygen atoms in total. The van der Waals surface area contributed by atoms with Crippen molar-refractivity contribution in [2.24, 2.45) is 0 Å². The van der Waals surface area contributed by atoms with E-state index in [0.29, 0.717) is 36.3 Å². The van der Waals surface area contributed by atoms with Crippen LogP contribution in [0.1, 0.15) is 102 Å². The first-order valence-electron chi connectivity index (χ1n) is 16.2. The fourth-order valence-corrected chi connectivity index (χ4v) is 9.31. The number of rotatable bonds is 6. The first-order chi connectivity index (χ1) is 17.8.